The van der Waals surface area contributed by atoms with Gasteiger partial charge in [0.25, 0.3) is 0 Å². The fourth-order valence-electron chi connectivity index (χ4n) is 0.824. The molecule has 70 valence electrons. The van der Waals surface area contributed by atoms with Gasteiger partial charge in [-0.15, -0.1) is 0 Å². The first-order valence-electron chi connectivity index (χ1n) is 3.62. The van der Waals surface area contributed by atoms with Gasteiger partial charge in [0, 0.05) is 18.8 Å². The number of nitrogens with one attached hydrogen (secondary N) is 1. The van der Waals surface area contributed by atoms with Gasteiger partial charge in [0.2, 0.25) is 0 Å². The van der Waals surface area contributed by atoms with Gasteiger partial charge in [-0.1, -0.05) is 18.2 Å². The first-order chi connectivity index (χ1) is 6.09. The minimum atomic E-state index is 0.584. The molecule has 1 aromatic carbocycles. The summed E-state index contributed by atoms with van der Waals surface area (Å²) in [5.74, 6) is 0. The summed E-state index contributed by atoms with van der Waals surface area (Å²) in [6.45, 7) is 4.19. The maximum absolute atomic E-state index is 5.65. The summed E-state index contributed by atoms with van der Waals surface area (Å²) >= 11 is 11.4. The number of halogens is 3. The molecule has 0 spiro atoms. The van der Waals surface area contributed by atoms with Crippen LogP contribution >= 0.6 is 50.1 Å². The Morgan fingerprint density at radius 2 is 2.31 bits per heavy atom. The molecule has 1 N–H and O–H groups in total. The van der Waals surface area contributed by atoms with E-state index in [1.165, 1.54) is 3.57 Å². The van der Waals surface area contributed by atoms with Gasteiger partial charge in [-0.2, -0.15) is 0 Å². The lowest BCUT2D eigenvalue weighted by atomic mass is 10.3. The van der Waals surface area contributed by atoms with Gasteiger partial charge >= 0.3 is 0 Å². The number of rotatable bonds is 3. The molecule has 1 nitrogen and oxygen atoms in total. The second-order valence-electron chi connectivity index (χ2n) is 2.49. The lowest BCUT2D eigenvalue weighted by molar-refractivity contribution is 1.30. The van der Waals surface area contributed by atoms with Crippen molar-refractivity contribution in [2.75, 3.05) is 11.9 Å². The van der Waals surface area contributed by atoms with Crippen LogP contribution in [-0.2, 0) is 0 Å². The Morgan fingerprint density at radius 1 is 1.62 bits per heavy atom. The van der Waals surface area contributed by atoms with Crippen molar-refractivity contribution < 1.29 is 0 Å². The quantitative estimate of drug-likeness (QED) is 0.784. The molecule has 0 unspecified atom stereocenters. The Kier molecular flexibility index (Phi) is 4.55. The lowest BCUT2D eigenvalue weighted by Crippen LogP contribution is -2.01. The normalized spacial score (nSPS) is 9.77. The van der Waals surface area contributed by atoms with Crippen LogP contribution in [0.15, 0.2) is 34.3 Å². The number of anilines is 1. The third kappa shape index (κ3) is 3.87. The Labute approximate surface area is 105 Å². The largest absolute Gasteiger partial charge is 0.379 e. The number of benzene rings is 1. The molecule has 0 amide bonds. The van der Waals surface area contributed by atoms with E-state index in [0.29, 0.717) is 11.6 Å². The zero-order chi connectivity index (χ0) is 9.84. The van der Waals surface area contributed by atoms with Crippen LogP contribution in [0.3, 0.4) is 0 Å². The molecule has 0 atom stereocenters. The fourth-order valence-corrected chi connectivity index (χ4v) is 1.77. The van der Waals surface area contributed by atoms with Gasteiger partial charge in [0.15, 0.2) is 0 Å². The SMILES string of the molecule is C=C(Cl)CNc1cc(I)ccc1Br. The molecule has 0 saturated heterocycles. The van der Waals surface area contributed by atoms with Crippen molar-refractivity contribution in [3.05, 3.63) is 37.9 Å². The van der Waals surface area contributed by atoms with E-state index in [4.69, 9.17) is 11.6 Å². The molecule has 0 bridgehead atoms. The molecule has 0 heterocycles. The first kappa shape index (κ1) is 11.3. The van der Waals surface area contributed by atoms with Crippen molar-refractivity contribution in [2.45, 2.75) is 0 Å². The van der Waals surface area contributed by atoms with Crippen LogP contribution in [0, 0.1) is 3.57 Å². The topological polar surface area (TPSA) is 12.0 Å². The van der Waals surface area contributed by atoms with Crippen LogP contribution in [0.4, 0.5) is 5.69 Å². The Hall–Kier alpha value is 0.260. The molecule has 0 aliphatic heterocycles. The molecule has 4 heteroatoms. The summed E-state index contributed by atoms with van der Waals surface area (Å²) in [5.41, 5.74) is 1.04. The molecule has 1 aromatic rings. The average Bonchev–Trinajstić information content (AvgIpc) is 2.06. The number of hydrogen-bond donors (Lipinski definition) is 1. The van der Waals surface area contributed by atoms with E-state index in [-0.39, 0.29) is 0 Å². The zero-order valence-corrected chi connectivity index (χ0v) is 11.3. The maximum Gasteiger partial charge on any atom is 0.0502 e. The molecule has 0 aliphatic rings. The Balaban J connectivity index is 2.75. The standard InChI is InChI=1S/C9H8BrClIN/c1-6(11)5-13-9-4-7(12)2-3-8(9)10/h2-4,13H,1,5H2. The highest BCUT2D eigenvalue weighted by molar-refractivity contribution is 14.1. The monoisotopic (exact) mass is 371 g/mol. The highest BCUT2D eigenvalue weighted by Gasteiger charge is 1.99. The van der Waals surface area contributed by atoms with Crippen molar-refractivity contribution >= 4 is 55.8 Å². The van der Waals surface area contributed by atoms with Crippen LogP contribution < -0.4 is 5.32 Å². The molecule has 0 saturated carbocycles. The molecular formula is C9H8BrClIN. The predicted octanol–water partition coefficient (Wildman–Crippen LogP) is 4.22. The third-order valence-electron chi connectivity index (χ3n) is 1.40. The van der Waals surface area contributed by atoms with Gasteiger partial charge in [0.1, 0.15) is 0 Å². The van der Waals surface area contributed by atoms with E-state index in [9.17, 15) is 0 Å². The van der Waals surface area contributed by atoms with Crippen molar-refractivity contribution in [3.63, 3.8) is 0 Å². The minimum absolute atomic E-state index is 0.584. The summed E-state index contributed by atoms with van der Waals surface area (Å²) < 4.78 is 2.22. The van der Waals surface area contributed by atoms with E-state index in [0.717, 1.165) is 10.2 Å². The summed E-state index contributed by atoms with van der Waals surface area (Å²) in [7, 11) is 0. The first-order valence-corrected chi connectivity index (χ1v) is 5.87. The van der Waals surface area contributed by atoms with Gasteiger partial charge in [-0.05, 0) is 56.7 Å². The summed E-state index contributed by atoms with van der Waals surface area (Å²) in [4.78, 5) is 0. The highest BCUT2D eigenvalue weighted by Crippen LogP contribution is 2.24. The minimum Gasteiger partial charge on any atom is -0.379 e. The lowest BCUT2D eigenvalue weighted by Gasteiger charge is -2.07. The molecule has 0 fully saturated rings. The van der Waals surface area contributed by atoms with Gasteiger partial charge in [-0.3, -0.25) is 0 Å². The molecule has 0 radical (unpaired) electrons. The van der Waals surface area contributed by atoms with Gasteiger partial charge < -0.3 is 5.32 Å². The van der Waals surface area contributed by atoms with E-state index in [1.807, 2.05) is 18.2 Å². The van der Waals surface area contributed by atoms with Gasteiger partial charge in [0.05, 0.1) is 6.54 Å². The van der Waals surface area contributed by atoms with Crippen LogP contribution in [0.25, 0.3) is 0 Å². The Morgan fingerprint density at radius 3 is 2.92 bits per heavy atom. The molecule has 0 aromatic heterocycles. The van der Waals surface area contributed by atoms with Crippen LogP contribution in [-0.4, -0.2) is 6.54 Å². The fraction of sp³-hybridized carbons (Fsp3) is 0.111. The smallest absolute Gasteiger partial charge is 0.0502 e. The van der Waals surface area contributed by atoms with Crippen LogP contribution in [0.5, 0.6) is 0 Å². The average molecular weight is 372 g/mol. The second kappa shape index (κ2) is 5.22. The second-order valence-corrected chi connectivity index (χ2v) is 5.13. The van der Waals surface area contributed by atoms with Crippen LogP contribution in [0.1, 0.15) is 0 Å². The number of hydrogen-bond acceptors (Lipinski definition) is 1. The maximum atomic E-state index is 5.65. The van der Waals surface area contributed by atoms with E-state index < -0.39 is 0 Å². The predicted molar refractivity (Wildman–Crippen MR) is 70.3 cm³/mol. The highest BCUT2D eigenvalue weighted by atomic mass is 127. The van der Waals surface area contributed by atoms with Crippen molar-refractivity contribution in [1.29, 1.82) is 0 Å². The van der Waals surface area contributed by atoms with Crippen molar-refractivity contribution in [1.82, 2.24) is 0 Å². The van der Waals surface area contributed by atoms with E-state index in [2.05, 4.69) is 50.4 Å². The zero-order valence-electron chi connectivity index (χ0n) is 6.78. The van der Waals surface area contributed by atoms with Crippen molar-refractivity contribution in [2.24, 2.45) is 0 Å². The molecular weight excluding hydrogens is 364 g/mol. The van der Waals surface area contributed by atoms with Crippen molar-refractivity contribution in [3.8, 4) is 0 Å². The summed E-state index contributed by atoms with van der Waals surface area (Å²) in [6.07, 6.45) is 0. The summed E-state index contributed by atoms with van der Waals surface area (Å²) in [6, 6.07) is 6.08. The summed E-state index contributed by atoms with van der Waals surface area (Å²) in [5, 5.41) is 3.77. The van der Waals surface area contributed by atoms with E-state index >= 15 is 0 Å². The molecule has 0 aliphatic carbocycles. The molecule has 1 rings (SSSR count). The molecule has 13 heavy (non-hydrogen) atoms. The Bertz CT molecular complexity index is 327. The van der Waals surface area contributed by atoms with Gasteiger partial charge in [-0.25, -0.2) is 0 Å². The van der Waals surface area contributed by atoms with Crippen LogP contribution in [0.2, 0.25) is 0 Å². The third-order valence-corrected chi connectivity index (χ3v) is 2.90. The van der Waals surface area contributed by atoms with E-state index in [1.54, 1.807) is 0 Å².